The Morgan fingerprint density at radius 2 is 2.29 bits per heavy atom. The molecule has 0 bridgehead atoms. The molecule has 0 saturated carbocycles. The van der Waals surface area contributed by atoms with Crippen LogP contribution in [0.1, 0.15) is 32.6 Å². The van der Waals surface area contributed by atoms with Crippen LogP contribution in [0.15, 0.2) is 47.7 Å². The van der Waals surface area contributed by atoms with E-state index >= 15 is 0 Å². The molecule has 0 aliphatic heterocycles. The Kier molecular flexibility index (Phi) is 4.24. The van der Waals surface area contributed by atoms with Gasteiger partial charge in [-0.25, -0.2) is 0 Å². The maximum atomic E-state index is 5.29. The predicted octanol–water partition coefficient (Wildman–Crippen LogP) is 3.46. The topological polar surface area (TPSA) is 26.0 Å². The Morgan fingerprint density at radius 3 is 2.86 bits per heavy atom. The molecule has 14 heavy (non-hydrogen) atoms. The lowest BCUT2D eigenvalue weighted by Crippen LogP contribution is -1.96. The first-order valence-corrected chi connectivity index (χ1v) is 5.19. The van der Waals surface area contributed by atoms with Crippen LogP contribution < -0.4 is 5.73 Å². The normalized spacial score (nSPS) is 18.4. The molecule has 1 heteroatoms. The molecule has 0 amide bonds. The molecule has 1 aliphatic rings. The molecule has 0 spiro atoms. The Hall–Kier alpha value is -1.24. The molecule has 0 saturated heterocycles. The summed E-state index contributed by atoms with van der Waals surface area (Å²) in [6, 6.07) is 0. The second-order valence-corrected chi connectivity index (χ2v) is 3.69. The lowest BCUT2D eigenvalue weighted by molar-refractivity contribution is 0.707. The van der Waals surface area contributed by atoms with E-state index in [1.165, 1.54) is 42.4 Å². The summed E-state index contributed by atoms with van der Waals surface area (Å²) in [5.41, 5.74) is 9.08. The van der Waals surface area contributed by atoms with Gasteiger partial charge in [-0.05, 0) is 61.6 Å². The second-order valence-electron chi connectivity index (χ2n) is 3.69. The van der Waals surface area contributed by atoms with Crippen LogP contribution in [0.2, 0.25) is 0 Å². The third-order valence-corrected chi connectivity index (χ3v) is 2.61. The van der Waals surface area contributed by atoms with E-state index in [9.17, 15) is 0 Å². The molecule has 0 heterocycles. The molecule has 0 aromatic heterocycles. The Morgan fingerprint density at radius 1 is 1.50 bits per heavy atom. The summed E-state index contributed by atoms with van der Waals surface area (Å²) < 4.78 is 0. The minimum atomic E-state index is 1.17. The first-order chi connectivity index (χ1) is 6.75. The second kappa shape index (κ2) is 5.48. The zero-order chi connectivity index (χ0) is 10.4. The Labute approximate surface area is 86.7 Å². The van der Waals surface area contributed by atoms with E-state index in [4.69, 9.17) is 5.73 Å². The molecular weight excluding hydrogens is 170 g/mol. The highest BCUT2D eigenvalue weighted by Crippen LogP contribution is 2.26. The van der Waals surface area contributed by atoms with Crippen LogP contribution in [0.5, 0.6) is 0 Å². The molecule has 76 valence electrons. The van der Waals surface area contributed by atoms with Crippen molar-refractivity contribution in [3.8, 4) is 0 Å². The van der Waals surface area contributed by atoms with E-state index in [1.807, 2.05) is 12.2 Å². The van der Waals surface area contributed by atoms with Gasteiger partial charge in [0.25, 0.3) is 0 Å². The van der Waals surface area contributed by atoms with Gasteiger partial charge >= 0.3 is 0 Å². The average Bonchev–Trinajstić information content (AvgIpc) is 2.26. The van der Waals surface area contributed by atoms with Gasteiger partial charge in [-0.15, -0.1) is 0 Å². The molecular formula is C13H19N. The van der Waals surface area contributed by atoms with Crippen LogP contribution in [-0.2, 0) is 0 Å². The predicted molar refractivity (Wildman–Crippen MR) is 62.8 cm³/mol. The lowest BCUT2D eigenvalue weighted by Gasteiger charge is -2.15. The first kappa shape index (κ1) is 10.8. The van der Waals surface area contributed by atoms with Crippen molar-refractivity contribution in [2.24, 2.45) is 5.73 Å². The fraction of sp³-hybridized carbons (Fsp3) is 0.385. The summed E-state index contributed by atoms with van der Waals surface area (Å²) in [6.45, 7) is 6.20. The summed E-state index contributed by atoms with van der Waals surface area (Å²) in [7, 11) is 0. The van der Waals surface area contributed by atoms with E-state index in [1.54, 1.807) is 6.20 Å². The van der Waals surface area contributed by atoms with Crippen LogP contribution in [-0.4, -0.2) is 0 Å². The van der Waals surface area contributed by atoms with E-state index in [0.717, 1.165) is 0 Å². The molecule has 0 fully saturated rings. The number of hydrogen-bond acceptors (Lipinski definition) is 1. The number of rotatable bonds is 3. The van der Waals surface area contributed by atoms with Gasteiger partial charge in [-0.2, -0.15) is 0 Å². The average molecular weight is 189 g/mol. The van der Waals surface area contributed by atoms with E-state index in [-0.39, 0.29) is 0 Å². The number of hydrogen-bond donors (Lipinski definition) is 1. The third kappa shape index (κ3) is 2.91. The van der Waals surface area contributed by atoms with Gasteiger partial charge in [-0.1, -0.05) is 18.7 Å². The standard InChI is InChI=1S/C13H19N/c1-11(7-6-10-14)12(2)13-8-4-3-5-9-13/h6-8,10H,2-5,9,14H2,1H3/b10-6-,11-7-. The van der Waals surface area contributed by atoms with Crippen LogP contribution >= 0.6 is 0 Å². The van der Waals surface area contributed by atoms with Gasteiger partial charge in [0, 0.05) is 0 Å². The van der Waals surface area contributed by atoms with E-state index in [0.29, 0.717) is 0 Å². The maximum absolute atomic E-state index is 5.29. The minimum Gasteiger partial charge on any atom is -0.405 e. The van der Waals surface area contributed by atoms with Crippen molar-refractivity contribution < 1.29 is 0 Å². The highest BCUT2D eigenvalue weighted by molar-refractivity contribution is 5.45. The Bertz CT molecular complexity index is 292. The first-order valence-electron chi connectivity index (χ1n) is 5.19. The van der Waals surface area contributed by atoms with Crippen LogP contribution in [0.3, 0.4) is 0 Å². The van der Waals surface area contributed by atoms with Gasteiger partial charge in [0.15, 0.2) is 0 Å². The number of allylic oxidation sites excluding steroid dienone is 6. The molecule has 0 radical (unpaired) electrons. The summed E-state index contributed by atoms with van der Waals surface area (Å²) in [5, 5.41) is 0. The molecule has 0 aromatic rings. The maximum Gasteiger partial charge on any atom is -0.00623 e. The largest absolute Gasteiger partial charge is 0.405 e. The fourth-order valence-corrected chi connectivity index (χ4v) is 1.67. The molecule has 1 nitrogen and oxygen atoms in total. The molecule has 2 N–H and O–H groups in total. The van der Waals surface area contributed by atoms with Crippen molar-refractivity contribution in [1.29, 1.82) is 0 Å². The zero-order valence-corrected chi connectivity index (χ0v) is 8.92. The summed E-state index contributed by atoms with van der Waals surface area (Å²) >= 11 is 0. The molecule has 0 aromatic carbocycles. The van der Waals surface area contributed by atoms with Crippen molar-refractivity contribution >= 4 is 0 Å². The smallest absolute Gasteiger partial charge is 0.00623 e. The van der Waals surface area contributed by atoms with Crippen LogP contribution in [0, 0.1) is 0 Å². The van der Waals surface area contributed by atoms with Crippen LogP contribution in [0.4, 0.5) is 0 Å². The van der Waals surface area contributed by atoms with Crippen molar-refractivity contribution in [1.82, 2.24) is 0 Å². The molecule has 1 aliphatic carbocycles. The van der Waals surface area contributed by atoms with Gasteiger partial charge in [-0.3, -0.25) is 0 Å². The fourth-order valence-electron chi connectivity index (χ4n) is 1.67. The van der Waals surface area contributed by atoms with Gasteiger partial charge in [0.05, 0.1) is 0 Å². The van der Waals surface area contributed by atoms with Gasteiger partial charge < -0.3 is 5.73 Å². The van der Waals surface area contributed by atoms with Crippen LogP contribution in [0.25, 0.3) is 0 Å². The lowest BCUT2D eigenvalue weighted by atomic mass is 9.91. The van der Waals surface area contributed by atoms with Crippen molar-refractivity contribution in [3.05, 3.63) is 47.7 Å². The summed E-state index contributed by atoms with van der Waals surface area (Å²) in [5.74, 6) is 0. The van der Waals surface area contributed by atoms with Crippen molar-refractivity contribution in [2.45, 2.75) is 32.6 Å². The highest BCUT2D eigenvalue weighted by Gasteiger charge is 2.07. The third-order valence-electron chi connectivity index (χ3n) is 2.61. The van der Waals surface area contributed by atoms with Crippen molar-refractivity contribution in [2.75, 3.05) is 0 Å². The quantitative estimate of drug-likeness (QED) is 0.676. The zero-order valence-electron chi connectivity index (χ0n) is 8.92. The van der Waals surface area contributed by atoms with E-state index < -0.39 is 0 Å². The number of nitrogens with two attached hydrogens (primary N) is 1. The Balaban J connectivity index is 2.68. The highest BCUT2D eigenvalue weighted by atomic mass is 14.5. The molecule has 0 atom stereocenters. The monoisotopic (exact) mass is 189 g/mol. The summed E-state index contributed by atoms with van der Waals surface area (Å²) in [4.78, 5) is 0. The summed E-state index contributed by atoms with van der Waals surface area (Å²) in [6.07, 6.45) is 12.7. The minimum absolute atomic E-state index is 1.17. The SMILES string of the molecule is C=C(C1=CCCCC1)/C(C)=C\C=C/N. The molecule has 0 unspecified atom stereocenters. The van der Waals surface area contributed by atoms with Gasteiger partial charge in [0.1, 0.15) is 0 Å². The molecule has 1 rings (SSSR count). The van der Waals surface area contributed by atoms with Crippen molar-refractivity contribution in [3.63, 3.8) is 0 Å². The van der Waals surface area contributed by atoms with E-state index in [2.05, 4.69) is 19.6 Å². The van der Waals surface area contributed by atoms with Gasteiger partial charge in [0.2, 0.25) is 0 Å².